The van der Waals surface area contributed by atoms with Crippen molar-refractivity contribution in [2.75, 3.05) is 0 Å². The van der Waals surface area contributed by atoms with Gasteiger partial charge in [0.2, 0.25) is 0 Å². The lowest BCUT2D eigenvalue weighted by Gasteiger charge is -2.36. The zero-order valence-electron chi connectivity index (χ0n) is 24.2. The summed E-state index contributed by atoms with van der Waals surface area (Å²) in [6, 6.07) is 65.6. The molecule has 0 amide bonds. The number of benzene rings is 7. The van der Waals surface area contributed by atoms with Crippen LogP contribution in [-0.4, -0.2) is 12.6 Å². The largest absolute Gasteiger partial charge is 0.309 e. The molecule has 7 aromatic carbocycles. The van der Waals surface area contributed by atoms with Crippen LogP contribution in [-0.2, 0) is 0 Å². The van der Waals surface area contributed by atoms with Gasteiger partial charge in [-0.25, -0.2) is 0 Å². The van der Waals surface area contributed by atoms with Crippen LogP contribution in [0.15, 0.2) is 176 Å². The van der Waals surface area contributed by atoms with Crippen molar-refractivity contribution in [3.63, 3.8) is 0 Å². The van der Waals surface area contributed by atoms with Crippen molar-refractivity contribution >= 4 is 50.6 Å². The molecule has 206 valence electrons. The summed E-state index contributed by atoms with van der Waals surface area (Å²) in [7, 11) is -2.94. The molecule has 0 saturated carbocycles. The van der Waals surface area contributed by atoms with Gasteiger partial charge >= 0.3 is 0 Å². The molecule has 0 radical (unpaired) electrons. The summed E-state index contributed by atoms with van der Waals surface area (Å²) in [5.41, 5.74) is 8.97. The molecule has 1 aliphatic heterocycles. The van der Waals surface area contributed by atoms with E-state index in [0.29, 0.717) is 0 Å². The molecule has 2 heteroatoms. The third kappa shape index (κ3) is 3.40. The van der Waals surface area contributed by atoms with Crippen molar-refractivity contribution < 1.29 is 0 Å². The third-order valence-corrected chi connectivity index (χ3v) is 14.4. The number of para-hydroxylation sites is 2. The molecule has 0 spiro atoms. The van der Waals surface area contributed by atoms with Gasteiger partial charge in [-0.15, -0.1) is 0 Å². The fraction of sp³-hybridized carbons (Fsp3) is 0. The Morgan fingerprint density at radius 1 is 0.364 bits per heavy atom. The fourth-order valence-corrected chi connectivity index (χ4v) is 13.2. The topological polar surface area (TPSA) is 4.93 Å². The Morgan fingerprint density at radius 2 is 0.886 bits per heavy atom. The van der Waals surface area contributed by atoms with Gasteiger partial charge in [-0.05, 0) is 61.2 Å². The van der Waals surface area contributed by atoms with Crippen LogP contribution in [0.5, 0.6) is 0 Å². The van der Waals surface area contributed by atoms with Gasteiger partial charge in [0.05, 0.1) is 11.0 Å². The minimum atomic E-state index is -2.94. The maximum atomic E-state index is 2.54. The summed E-state index contributed by atoms with van der Waals surface area (Å²) in [4.78, 5) is 0. The summed E-state index contributed by atoms with van der Waals surface area (Å²) in [6.07, 6.45) is 0. The highest BCUT2D eigenvalue weighted by atomic mass is 28.3. The third-order valence-electron chi connectivity index (χ3n) is 9.48. The number of fused-ring (bicyclic) bond motifs is 9. The predicted molar refractivity (Wildman–Crippen MR) is 189 cm³/mol. The van der Waals surface area contributed by atoms with E-state index in [9.17, 15) is 0 Å². The molecule has 0 atom stereocenters. The maximum absolute atomic E-state index is 2.94. The second-order valence-electron chi connectivity index (χ2n) is 11.6. The van der Waals surface area contributed by atoms with E-state index < -0.39 is 8.07 Å². The molecule has 9 rings (SSSR count). The summed E-state index contributed by atoms with van der Waals surface area (Å²) >= 11 is 0. The molecule has 0 fully saturated rings. The Balaban J connectivity index is 1.63. The van der Waals surface area contributed by atoms with Crippen molar-refractivity contribution in [1.82, 2.24) is 4.57 Å². The molecule has 0 unspecified atom stereocenters. The van der Waals surface area contributed by atoms with Crippen molar-refractivity contribution in [3.05, 3.63) is 176 Å². The van der Waals surface area contributed by atoms with E-state index in [-0.39, 0.29) is 0 Å². The van der Waals surface area contributed by atoms with Gasteiger partial charge in [0.25, 0.3) is 0 Å². The molecule has 0 bridgehead atoms. The van der Waals surface area contributed by atoms with Crippen LogP contribution in [0.4, 0.5) is 0 Å². The van der Waals surface area contributed by atoms with Crippen LogP contribution in [0.2, 0.25) is 0 Å². The number of nitrogens with zero attached hydrogens (tertiary/aromatic N) is 1. The highest BCUT2D eigenvalue weighted by molar-refractivity contribution is 7.22. The average Bonchev–Trinajstić information content (AvgIpc) is 3.39. The molecule has 0 saturated heterocycles. The van der Waals surface area contributed by atoms with Gasteiger partial charge in [0.15, 0.2) is 8.07 Å². The van der Waals surface area contributed by atoms with Gasteiger partial charge < -0.3 is 4.57 Å². The summed E-state index contributed by atoms with van der Waals surface area (Å²) in [6.45, 7) is 0. The van der Waals surface area contributed by atoms with E-state index in [4.69, 9.17) is 0 Å². The van der Waals surface area contributed by atoms with Gasteiger partial charge in [-0.3, -0.25) is 0 Å². The molecule has 0 N–H and O–H groups in total. The van der Waals surface area contributed by atoms with E-state index in [1.807, 2.05) is 0 Å². The smallest absolute Gasteiger partial charge is 0.183 e. The van der Waals surface area contributed by atoms with Gasteiger partial charge in [-0.2, -0.15) is 0 Å². The summed E-state index contributed by atoms with van der Waals surface area (Å²) < 4.78 is 2.54. The van der Waals surface area contributed by atoms with Crippen LogP contribution in [0, 0.1) is 0 Å². The molecular weight excluding hydrogens is 547 g/mol. The summed E-state index contributed by atoms with van der Waals surface area (Å²) in [5, 5.41) is 8.24. The lowest BCUT2D eigenvalue weighted by Crippen LogP contribution is -2.75. The highest BCUT2D eigenvalue weighted by Gasteiger charge is 2.48. The van der Waals surface area contributed by atoms with Crippen LogP contribution >= 0.6 is 0 Å². The maximum Gasteiger partial charge on any atom is 0.183 e. The standard InChI is InChI=1S/C42H29NSi/c1-4-16-30(17-5-1)43-39-26-14-12-24-35(39)37-28-29-38-34-23-11-10-22-33(34)36-25-13-15-27-40(36)44(42(38)41(37)43,31-18-6-2-7-19-31)32-20-8-3-9-21-32/h1-29H. The van der Waals surface area contributed by atoms with Gasteiger partial charge in [-0.1, -0.05) is 158 Å². The lowest BCUT2D eigenvalue weighted by molar-refractivity contribution is 1.18. The second kappa shape index (κ2) is 9.80. The van der Waals surface area contributed by atoms with E-state index in [1.165, 1.54) is 70.5 Å². The minimum absolute atomic E-state index is 1.18. The van der Waals surface area contributed by atoms with Crippen molar-refractivity contribution in [2.45, 2.75) is 0 Å². The molecule has 1 aliphatic rings. The predicted octanol–water partition coefficient (Wildman–Crippen LogP) is 7.81. The molecule has 44 heavy (non-hydrogen) atoms. The Kier molecular flexibility index (Phi) is 5.59. The molecule has 2 heterocycles. The number of aromatic nitrogens is 1. The fourth-order valence-electron chi connectivity index (χ4n) is 7.78. The monoisotopic (exact) mass is 575 g/mol. The quantitative estimate of drug-likeness (QED) is 0.189. The zero-order valence-corrected chi connectivity index (χ0v) is 25.2. The Labute approximate surface area is 258 Å². The summed E-state index contributed by atoms with van der Waals surface area (Å²) in [5.74, 6) is 0. The number of hydrogen-bond acceptors (Lipinski definition) is 0. The first-order valence-electron chi connectivity index (χ1n) is 15.3. The average molecular weight is 576 g/mol. The Hall–Kier alpha value is -5.44. The first kappa shape index (κ1) is 25.1. The molecule has 8 aromatic rings. The number of rotatable bonds is 3. The minimum Gasteiger partial charge on any atom is -0.309 e. The SMILES string of the molecule is c1ccc(-n2c3ccccc3c3ccc4c(c32)[Si](c2ccccc2)(c2ccccc2)c2ccccc2-c2ccccc2-4)cc1. The number of hydrogen-bond donors (Lipinski definition) is 0. The van der Waals surface area contributed by atoms with Crippen molar-refractivity contribution in [1.29, 1.82) is 0 Å². The van der Waals surface area contributed by atoms with Crippen LogP contribution < -0.4 is 20.7 Å². The molecule has 0 aliphatic carbocycles. The first-order chi connectivity index (χ1) is 21.9. The van der Waals surface area contributed by atoms with Gasteiger partial charge in [0.1, 0.15) is 0 Å². The van der Waals surface area contributed by atoms with E-state index in [0.717, 1.165) is 0 Å². The van der Waals surface area contributed by atoms with Gasteiger partial charge in [0, 0.05) is 16.5 Å². The Bertz CT molecular complexity index is 2280. The Morgan fingerprint density at radius 3 is 1.57 bits per heavy atom. The first-order valence-corrected chi connectivity index (χ1v) is 17.3. The molecule has 1 aromatic heterocycles. The van der Waals surface area contributed by atoms with Crippen molar-refractivity contribution in [2.24, 2.45) is 0 Å². The van der Waals surface area contributed by atoms with Crippen LogP contribution in [0.25, 0.3) is 49.7 Å². The van der Waals surface area contributed by atoms with E-state index in [1.54, 1.807) is 0 Å². The van der Waals surface area contributed by atoms with E-state index >= 15 is 0 Å². The zero-order chi connectivity index (χ0) is 29.1. The lowest BCUT2D eigenvalue weighted by atomic mass is 9.94. The molecular formula is C42H29NSi. The van der Waals surface area contributed by atoms with Crippen LogP contribution in [0.3, 0.4) is 0 Å². The normalized spacial score (nSPS) is 13.2. The second-order valence-corrected chi connectivity index (χ2v) is 15.3. The van der Waals surface area contributed by atoms with Crippen LogP contribution in [0.1, 0.15) is 0 Å². The molecule has 1 nitrogen and oxygen atoms in total. The van der Waals surface area contributed by atoms with Crippen molar-refractivity contribution in [3.8, 4) is 27.9 Å². The highest BCUT2D eigenvalue weighted by Crippen LogP contribution is 2.40. The van der Waals surface area contributed by atoms with E-state index in [2.05, 4.69) is 180 Å².